The van der Waals surface area contributed by atoms with Gasteiger partial charge in [-0.3, -0.25) is 4.79 Å². The van der Waals surface area contributed by atoms with Gasteiger partial charge in [0.2, 0.25) is 5.89 Å². The second kappa shape index (κ2) is 5.12. The van der Waals surface area contributed by atoms with Crippen LogP contribution in [0.25, 0.3) is 0 Å². The smallest absolute Gasteiger partial charge is 0.307 e. The highest BCUT2D eigenvalue weighted by atomic mass is 16.5. The van der Waals surface area contributed by atoms with Gasteiger partial charge in [-0.2, -0.15) is 4.98 Å². The molecule has 5 nitrogen and oxygen atoms in total. The molecule has 0 aromatic carbocycles. The molecule has 0 unspecified atom stereocenters. The molecular formula is C12H16N2O3. The van der Waals surface area contributed by atoms with E-state index in [0.29, 0.717) is 24.6 Å². The average Bonchev–Trinajstić information content (AvgIpc) is 2.78. The molecule has 1 heterocycles. The molecule has 0 radical (unpaired) electrons. The Morgan fingerprint density at radius 2 is 2.29 bits per heavy atom. The zero-order valence-electron chi connectivity index (χ0n) is 9.80. The summed E-state index contributed by atoms with van der Waals surface area (Å²) in [5.41, 5.74) is 0. The maximum absolute atomic E-state index is 11.1. The van der Waals surface area contributed by atoms with E-state index in [9.17, 15) is 4.79 Å². The minimum atomic E-state index is -0.797. The Morgan fingerprint density at radius 1 is 1.53 bits per heavy atom. The number of carboxylic acids is 1. The van der Waals surface area contributed by atoms with Crippen molar-refractivity contribution < 1.29 is 14.4 Å². The number of hydrogen-bond acceptors (Lipinski definition) is 4. The van der Waals surface area contributed by atoms with Gasteiger partial charge in [0.25, 0.3) is 0 Å². The number of allylic oxidation sites excluding steroid dienone is 2. The monoisotopic (exact) mass is 236 g/mol. The Kier molecular flexibility index (Phi) is 3.56. The molecule has 0 saturated carbocycles. The van der Waals surface area contributed by atoms with E-state index >= 15 is 0 Å². The maximum atomic E-state index is 11.1. The first kappa shape index (κ1) is 11.8. The third-order valence-corrected chi connectivity index (χ3v) is 3.02. The molecule has 17 heavy (non-hydrogen) atoms. The summed E-state index contributed by atoms with van der Waals surface area (Å²) in [6.45, 7) is 2.04. The van der Waals surface area contributed by atoms with Gasteiger partial charge in [-0.1, -0.05) is 24.2 Å². The molecule has 2 rings (SSSR count). The summed E-state index contributed by atoms with van der Waals surface area (Å²) in [7, 11) is 0. The highest BCUT2D eigenvalue weighted by Crippen LogP contribution is 2.33. The van der Waals surface area contributed by atoms with E-state index in [-0.39, 0.29) is 5.92 Å². The van der Waals surface area contributed by atoms with Crippen LogP contribution in [0.5, 0.6) is 0 Å². The number of aliphatic carboxylic acids is 1. The maximum Gasteiger partial charge on any atom is 0.307 e. The zero-order valence-corrected chi connectivity index (χ0v) is 9.80. The normalized spacial score (nSPS) is 23.8. The van der Waals surface area contributed by atoms with E-state index in [2.05, 4.69) is 10.1 Å². The van der Waals surface area contributed by atoms with E-state index in [1.165, 1.54) is 0 Å². The van der Waals surface area contributed by atoms with Gasteiger partial charge >= 0.3 is 5.97 Å². The van der Waals surface area contributed by atoms with Crippen LogP contribution in [0.4, 0.5) is 0 Å². The first-order valence-corrected chi connectivity index (χ1v) is 5.92. The number of carbonyl (C=O) groups is 1. The minimum absolute atomic E-state index is 0.185. The third kappa shape index (κ3) is 2.54. The van der Waals surface area contributed by atoms with Crippen LogP contribution in [0.15, 0.2) is 16.7 Å². The summed E-state index contributed by atoms with van der Waals surface area (Å²) < 4.78 is 5.18. The van der Waals surface area contributed by atoms with Crippen molar-refractivity contribution >= 4 is 5.97 Å². The van der Waals surface area contributed by atoms with Crippen molar-refractivity contribution in [3.63, 3.8) is 0 Å². The molecule has 92 valence electrons. The van der Waals surface area contributed by atoms with Crippen LogP contribution in [-0.2, 0) is 11.2 Å². The van der Waals surface area contributed by atoms with Gasteiger partial charge < -0.3 is 9.63 Å². The number of nitrogens with zero attached hydrogens (tertiary/aromatic N) is 2. The molecule has 2 atom stereocenters. The number of aromatic nitrogens is 2. The fourth-order valence-corrected chi connectivity index (χ4v) is 2.10. The first-order chi connectivity index (χ1) is 8.22. The largest absolute Gasteiger partial charge is 0.481 e. The molecule has 5 heteroatoms. The fourth-order valence-electron chi connectivity index (χ4n) is 2.10. The number of rotatable bonds is 4. The highest BCUT2D eigenvalue weighted by Gasteiger charge is 2.33. The second-order valence-corrected chi connectivity index (χ2v) is 4.29. The Bertz CT molecular complexity index is 425. The molecule has 1 aromatic rings. The molecule has 1 aromatic heterocycles. The molecular weight excluding hydrogens is 220 g/mol. The summed E-state index contributed by atoms with van der Waals surface area (Å²) in [5, 5.41) is 13.0. The summed E-state index contributed by atoms with van der Waals surface area (Å²) in [6, 6.07) is 0. The average molecular weight is 236 g/mol. The summed E-state index contributed by atoms with van der Waals surface area (Å²) in [5.74, 6) is -0.300. The Hall–Kier alpha value is -1.65. The van der Waals surface area contributed by atoms with Crippen molar-refractivity contribution in [1.82, 2.24) is 10.1 Å². The van der Waals surface area contributed by atoms with Gasteiger partial charge in [0.1, 0.15) is 0 Å². The summed E-state index contributed by atoms with van der Waals surface area (Å²) in [6.07, 6.45) is 6.79. The summed E-state index contributed by atoms with van der Waals surface area (Å²) >= 11 is 0. The fraction of sp³-hybridized carbons (Fsp3) is 0.583. The van der Waals surface area contributed by atoms with Gasteiger partial charge in [-0.25, -0.2) is 0 Å². The molecule has 1 aliphatic carbocycles. The Labute approximate surface area is 99.5 Å². The lowest BCUT2D eigenvalue weighted by molar-refractivity contribution is -0.142. The van der Waals surface area contributed by atoms with E-state index in [1.807, 2.05) is 19.1 Å². The summed E-state index contributed by atoms with van der Waals surface area (Å²) in [4.78, 5) is 15.4. The van der Waals surface area contributed by atoms with Crippen LogP contribution in [-0.4, -0.2) is 21.2 Å². The van der Waals surface area contributed by atoms with Crippen LogP contribution in [0.1, 0.15) is 43.8 Å². The predicted octanol–water partition coefficient (Wildman–Crippen LogP) is 2.16. The van der Waals surface area contributed by atoms with Crippen molar-refractivity contribution in [2.45, 2.75) is 38.5 Å². The highest BCUT2D eigenvalue weighted by molar-refractivity contribution is 5.71. The van der Waals surface area contributed by atoms with E-state index < -0.39 is 11.9 Å². The molecule has 0 saturated heterocycles. The zero-order chi connectivity index (χ0) is 12.3. The number of aryl methyl sites for hydroxylation is 1. The molecule has 0 amide bonds. The SMILES string of the molecule is CCCc1noc([C@@H]2CC=CC[C@@H]2C(=O)O)n1. The molecule has 0 spiro atoms. The van der Waals surface area contributed by atoms with Crippen LogP contribution in [0, 0.1) is 5.92 Å². The van der Waals surface area contributed by atoms with E-state index in [0.717, 1.165) is 12.8 Å². The first-order valence-electron chi connectivity index (χ1n) is 5.92. The topological polar surface area (TPSA) is 76.2 Å². The van der Waals surface area contributed by atoms with Crippen molar-refractivity contribution in [2.75, 3.05) is 0 Å². The Morgan fingerprint density at radius 3 is 3.00 bits per heavy atom. The minimum Gasteiger partial charge on any atom is -0.481 e. The van der Waals surface area contributed by atoms with E-state index in [1.54, 1.807) is 0 Å². The lowest BCUT2D eigenvalue weighted by Crippen LogP contribution is -2.23. The predicted molar refractivity (Wildman–Crippen MR) is 60.5 cm³/mol. The number of hydrogen-bond donors (Lipinski definition) is 1. The van der Waals surface area contributed by atoms with Crippen LogP contribution >= 0.6 is 0 Å². The van der Waals surface area contributed by atoms with Crippen LogP contribution in [0.3, 0.4) is 0 Å². The lowest BCUT2D eigenvalue weighted by atomic mass is 9.83. The van der Waals surface area contributed by atoms with Gasteiger partial charge in [-0.15, -0.1) is 0 Å². The molecule has 0 fully saturated rings. The number of carboxylic acid groups (broad SMARTS) is 1. The van der Waals surface area contributed by atoms with Crippen molar-refractivity contribution in [1.29, 1.82) is 0 Å². The van der Waals surface area contributed by atoms with Gasteiger partial charge in [0.05, 0.1) is 11.8 Å². The van der Waals surface area contributed by atoms with Gasteiger partial charge in [-0.05, 0) is 19.3 Å². The Balaban J connectivity index is 2.18. The lowest BCUT2D eigenvalue weighted by Gasteiger charge is -2.21. The standard InChI is InChI=1S/C12H16N2O3/c1-2-5-10-13-11(17-14-10)8-6-3-4-7-9(8)12(15)16/h3-4,8-9H,2,5-7H2,1H3,(H,15,16)/t8-,9+/m1/s1. The third-order valence-electron chi connectivity index (χ3n) is 3.02. The van der Waals surface area contributed by atoms with Crippen molar-refractivity contribution in [3.8, 4) is 0 Å². The molecule has 0 bridgehead atoms. The van der Waals surface area contributed by atoms with Crippen LogP contribution in [0.2, 0.25) is 0 Å². The molecule has 0 aliphatic heterocycles. The van der Waals surface area contributed by atoms with E-state index in [4.69, 9.17) is 9.63 Å². The second-order valence-electron chi connectivity index (χ2n) is 4.29. The quantitative estimate of drug-likeness (QED) is 0.810. The van der Waals surface area contributed by atoms with Crippen LogP contribution < -0.4 is 0 Å². The van der Waals surface area contributed by atoms with Gasteiger partial charge in [0, 0.05) is 6.42 Å². The van der Waals surface area contributed by atoms with Crippen molar-refractivity contribution in [3.05, 3.63) is 23.9 Å². The molecule has 1 N–H and O–H groups in total. The molecule has 1 aliphatic rings. The van der Waals surface area contributed by atoms with Crippen molar-refractivity contribution in [2.24, 2.45) is 5.92 Å². The van der Waals surface area contributed by atoms with Gasteiger partial charge in [0.15, 0.2) is 5.82 Å².